The zero-order chi connectivity index (χ0) is 18.5. The van der Waals surface area contributed by atoms with Crippen LogP contribution in [-0.4, -0.2) is 17.0 Å². The van der Waals surface area contributed by atoms with Crippen LogP contribution in [0.1, 0.15) is 40.0 Å². The number of benzene rings is 1. The number of hydrogen-bond donors (Lipinski definition) is 0. The summed E-state index contributed by atoms with van der Waals surface area (Å²) in [4.78, 5) is 8.15. The van der Waals surface area contributed by atoms with E-state index in [0.29, 0.717) is 0 Å². The number of aryl methyl sites for hydroxylation is 2. The molecule has 0 N–H and O–H groups in total. The van der Waals surface area contributed by atoms with E-state index in [4.69, 9.17) is 4.74 Å². The molecule has 28 heavy (non-hydrogen) atoms. The van der Waals surface area contributed by atoms with Crippen LogP contribution < -0.4 is 4.74 Å². The van der Waals surface area contributed by atoms with Crippen molar-refractivity contribution in [1.82, 2.24) is 9.88 Å². The minimum Gasteiger partial charge on any atom is -0.496 e. The molecule has 3 nitrogen and oxygen atoms in total. The lowest BCUT2D eigenvalue weighted by atomic mass is 9.90. The molecule has 0 radical (unpaired) electrons. The molecule has 0 bridgehead atoms. The highest BCUT2D eigenvalue weighted by Crippen LogP contribution is 2.30. The van der Waals surface area contributed by atoms with Crippen molar-refractivity contribution in [2.75, 3.05) is 7.11 Å². The van der Waals surface area contributed by atoms with Crippen molar-refractivity contribution in [2.45, 2.75) is 45.3 Å². The minimum atomic E-state index is 0. The van der Waals surface area contributed by atoms with Crippen molar-refractivity contribution in [3.63, 3.8) is 0 Å². The Morgan fingerprint density at radius 1 is 1.04 bits per heavy atom. The van der Waals surface area contributed by atoms with Crippen LogP contribution in [-0.2, 0) is 32.5 Å². The Morgan fingerprint density at radius 3 is 2.54 bits per heavy atom. The van der Waals surface area contributed by atoms with Crippen molar-refractivity contribution in [3.05, 3.63) is 81.3 Å². The van der Waals surface area contributed by atoms with Crippen LogP contribution in [0.25, 0.3) is 0 Å². The lowest BCUT2D eigenvalue weighted by molar-refractivity contribution is 0.245. The molecule has 0 spiro atoms. The average molecular weight is 415 g/mol. The molecule has 0 saturated heterocycles. The molecule has 3 aromatic rings. The van der Waals surface area contributed by atoms with Crippen LogP contribution >= 0.6 is 23.7 Å². The normalized spacial score (nSPS) is 13.1. The monoisotopic (exact) mass is 414 g/mol. The molecule has 2 heterocycles. The maximum atomic E-state index is 5.76. The van der Waals surface area contributed by atoms with Crippen molar-refractivity contribution in [2.24, 2.45) is 0 Å². The summed E-state index contributed by atoms with van der Waals surface area (Å²) in [5.41, 5.74) is 5.51. The Labute approximate surface area is 177 Å². The first kappa shape index (κ1) is 20.8. The number of pyridine rings is 1. The number of nitrogens with zero attached hydrogens (tertiary/aromatic N) is 2. The van der Waals surface area contributed by atoms with Gasteiger partial charge in [-0.2, -0.15) is 0 Å². The molecule has 0 saturated carbocycles. The van der Waals surface area contributed by atoms with Crippen LogP contribution in [0.3, 0.4) is 0 Å². The van der Waals surface area contributed by atoms with E-state index in [1.54, 1.807) is 7.11 Å². The van der Waals surface area contributed by atoms with E-state index in [9.17, 15) is 0 Å². The number of halogens is 1. The molecule has 0 amide bonds. The van der Waals surface area contributed by atoms with E-state index in [0.717, 1.165) is 25.4 Å². The summed E-state index contributed by atoms with van der Waals surface area (Å²) in [5.74, 6) is 1.03. The van der Waals surface area contributed by atoms with Gasteiger partial charge in [-0.15, -0.1) is 23.7 Å². The zero-order valence-corrected chi connectivity index (χ0v) is 17.9. The SMILES string of the molecule is COc1cc2c(cc1CN(Cc1cccnc1)Cc1cccs1)CCCC2.Cl. The van der Waals surface area contributed by atoms with Crippen molar-refractivity contribution >= 4 is 23.7 Å². The van der Waals surface area contributed by atoms with Gasteiger partial charge >= 0.3 is 0 Å². The van der Waals surface area contributed by atoms with Gasteiger partial charge in [0.1, 0.15) is 5.75 Å². The fraction of sp³-hybridized carbons (Fsp3) is 0.348. The minimum absolute atomic E-state index is 0. The van der Waals surface area contributed by atoms with Crippen molar-refractivity contribution < 1.29 is 4.74 Å². The second-order valence-electron chi connectivity index (χ2n) is 7.23. The van der Waals surface area contributed by atoms with Gasteiger partial charge in [-0.3, -0.25) is 9.88 Å². The second kappa shape index (κ2) is 10.1. The van der Waals surface area contributed by atoms with Gasteiger partial charge in [-0.25, -0.2) is 0 Å². The molecule has 0 aliphatic heterocycles. The van der Waals surface area contributed by atoms with Crippen LogP contribution in [0.5, 0.6) is 5.75 Å². The third-order valence-corrected chi connectivity index (χ3v) is 6.09. The fourth-order valence-electron chi connectivity index (χ4n) is 3.91. The lowest BCUT2D eigenvalue weighted by Gasteiger charge is -2.25. The summed E-state index contributed by atoms with van der Waals surface area (Å²) in [6, 6.07) is 13.2. The zero-order valence-electron chi connectivity index (χ0n) is 16.3. The van der Waals surface area contributed by atoms with Gasteiger partial charge in [0.2, 0.25) is 0 Å². The molecule has 1 aliphatic carbocycles. The quantitative estimate of drug-likeness (QED) is 0.499. The Hall–Kier alpha value is -1.88. The highest BCUT2D eigenvalue weighted by atomic mass is 35.5. The Bertz CT molecular complexity index is 868. The first-order chi connectivity index (χ1) is 13.3. The smallest absolute Gasteiger partial charge is 0.123 e. The van der Waals surface area contributed by atoms with Crippen LogP contribution in [0, 0.1) is 0 Å². The number of thiophene rings is 1. The predicted molar refractivity (Wildman–Crippen MR) is 118 cm³/mol. The fourth-order valence-corrected chi connectivity index (χ4v) is 4.66. The van der Waals surface area contributed by atoms with Gasteiger partial charge in [0.25, 0.3) is 0 Å². The number of methoxy groups -OCH3 is 1. The number of rotatable bonds is 7. The average Bonchev–Trinajstić information content (AvgIpc) is 3.21. The van der Waals surface area contributed by atoms with Gasteiger partial charge in [-0.05, 0) is 66.0 Å². The standard InChI is InChI=1S/C23H26N2OS.ClH/c1-26-23-13-20-8-3-2-7-19(20)12-21(23)16-25(17-22-9-5-11-27-22)15-18-6-4-10-24-14-18;/h4-6,9-14H,2-3,7-8,15-17H2,1H3;1H. The Morgan fingerprint density at radius 2 is 1.86 bits per heavy atom. The molecule has 148 valence electrons. The number of ether oxygens (including phenoxy) is 1. The number of fused-ring (bicyclic) bond motifs is 1. The van der Waals surface area contributed by atoms with E-state index >= 15 is 0 Å². The van der Waals surface area contributed by atoms with Gasteiger partial charge in [0.15, 0.2) is 0 Å². The van der Waals surface area contributed by atoms with Crippen LogP contribution in [0.15, 0.2) is 54.2 Å². The summed E-state index contributed by atoms with van der Waals surface area (Å²) >= 11 is 1.82. The van der Waals surface area contributed by atoms with Crippen molar-refractivity contribution in [1.29, 1.82) is 0 Å². The molecule has 0 unspecified atom stereocenters. The van der Waals surface area contributed by atoms with E-state index in [1.165, 1.54) is 52.8 Å². The number of aromatic nitrogens is 1. The van der Waals surface area contributed by atoms with E-state index in [2.05, 4.69) is 45.6 Å². The molecular weight excluding hydrogens is 388 g/mol. The van der Waals surface area contributed by atoms with E-state index in [-0.39, 0.29) is 12.4 Å². The molecule has 1 aromatic carbocycles. The molecule has 0 atom stereocenters. The summed E-state index contributed by atoms with van der Waals surface area (Å²) < 4.78 is 5.76. The summed E-state index contributed by atoms with van der Waals surface area (Å²) in [6.45, 7) is 2.70. The highest BCUT2D eigenvalue weighted by Gasteiger charge is 2.17. The third-order valence-electron chi connectivity index (χ3n) is 5.23. The Balaban J connectivity index is 0.00000225. The van der Waals surface area contributed by atoms with Gasteiger partial charge in [0.05, 0.1) is 7.11 Å². The molecule has 2 aromatic heterocycles. The van der Waals surface area contributed by atoms with Gasteiger partial charge in [0, 0.05) is 42.5 Å². The first-order valence-corrected chi connectivity index (χ1v) is 10.5. The van der Waals surface area contributed by atoms with E-state index in [1.807, 2.05) is 29.8 Å². The topological polar surface area (TPSA) is 25.4 Å². The Kier molecular flexibility index (Phi) is 7.49. The lowest BCUT2D eigenvalue weighted by Crippen LogP contribution is -2.22. The summed E-state index contributed by atoms with van der Waals surface area (Å²) in [5, 5.41) is 2.15. The predicted octanol–water partition coefficient (Wildman–Crippen LogP) is 5.65. The maximum absolute atomic E-state index is 5.76. The van der Waals surface area contributed by atoms with Crippen molar-refractivity contribution in [3.8, 4) is 5.75 Å². The molecule has 1 aliphatic rings. The molecule has 4 rings (SSSR count). The number of hydrogen-bond acceptors (Lipinski definition) is 4. The van der Waals surface area contributed by atoms with Crippen LogP contribution in [0.4, 0.5) is 0 Å². The maximum Gasteiger partial charge on any atom is 0.123 e. The largest absolute Gasteiger partial charge is 0.496 e. The van der Waals surface area contributed by atoms with Gasteiger partial charge < -0.3 is 4.74 Å². The third kappa shape index (κ3) is 5.13. The highest BCUT2D eigenvalue weighted by molar-refractivity contribution is 7.09. The molecule has 0 fully saturated rings. The summed E-state index contributed by atoms with van der Waals surface area (Å²) in [6.07, 6.45) is 8.76. The van der Waals surface area contributed by atoms with Crippen LogP contribution in [0.2, 0.25) is 0 Å². The summed E-state index contributed by atoms with van der Waals surface area (Å²) in [7, 11) is 1.79. The molecule has 5 heteroatoms. The van der Waals surface area contributed by atoms with E-state index < -0.39 is 0 Å². The molecular formula is C23H27ClN2OS. The second-order valence-corrected chi connectivity index (χ2v) is 8.26. The first-order valence-electron chi connectivity index (χ1n) is 9.64. The van der Waals surface area contributed by atoms with Gasteiger partial charge in [-0.1, -0.05) is 18.2 Å².